The van der Waals surface area contributed by atoms with Gasteiger partial charge in [-0.05, 0) is 55.8 Å². The fourth-order valence-electron chi connectivity index (χ4n) is 3.12. The lowest BCUT2D eigenvalue weighted by Crippen LogP contribution is -2.15. The lowest BCUT2D eigenvalue weighted by atomic mass is 10.1. The first kappa shape index (κ1) is 22.4. The van der Waals surface area contributed by atoms with Crippen molar-refractivity contribution in [1.82, 2.24) is 14.8 Å². The topological polar surface area (TPSA) is 59.8 Å². The van der Waals surface area contributed by atoms with Gasteiger partial charge >= 0.3 is 0 Å². The number of halogens is 2. The number of hydrogen-bond donors (Lipinski definition) is 1. The van der Waals surface area contributed by atoms with Crippen LogP contribution in [0.15, 0.2) is 71.9 Å². The van der Waals surface area contributed by atoms with Crippen LogP contribution in [0, 0.1) is 13.8 Å². The first-order valence-corrected chi connectivity index (χ1v) is 11.6. The average molecular weight is 483 g/mol. The Hall–Kier alpha value is -2.80. The Morgan fingerprint density at radius 2 is 1.62 bits per heavy atom. The maximum Gasteiger partial charge on any atom is 0.234 e. The lowest BCUT2D eigenvalue weighted by molar-refractivity contribution is -0.113. The quantitative estimate of drug-likeness (QED) is 0.315. The SMILES string of the molecule is Cc1ccc(-c2nnc(SCC(=O)Nc3cc(Cl)ccc3C)n2-c2ccc(Cl)cc2)cc1. The van der Waals surface area contributed by atoms with Gasteiger partial charge in [0, 0.05) is 27.0 Å². The number of aromatic nitrogens is 3. The van der Waals surface area contributed by atoms with E-state index in [2.05, 4.69) is 15.5 Å². The van der Waals surface area contributed by atoms with Crippen molar-refractivity contribution in [3.05, 3.63) is 87.9 Å². The van der Waals surface area contributed by atoms with E-state index in [0.29, 0.717) is 26.7 Å². The maximum absolute atomic E-state index is 12.6. The summed E-state index contributed by atoms with van der Waals surface area (Å²) < 4.78 is 1.93. The second-order valence-corrected chi connectivity index (χ2v) is 9.10. The first-order chi connectivity index (χ1) is 15.4. The molecule has 0 atom stereocenters. The van der Waals surface area contributed by atoms with Crippen LogP contribution < -0.4 is 5.32 Å². The highest BCUT2D eigenvalue weighted by molar-refractivity contribution is 7.99. The van der Waals surface area contributed by atoms with Gasteiger partial charge in [0.25, 0.3) is 0 Å². The fourth-order valence-corrected chi connectivity index (χ4v) is 4.17. The van der Waals surface area contributed by atoms with Crippen LogP contribution in [0.5, 0.6) is 0 Å². The van der Waals surface area contributed by atoms with Gasteiger partial charge in [-0.1, -0.05) is 70.9 Å². The summed E-state index contributed by atoms with van der Waals surface area (Å²) in [6.07, 6.45) is 0. The molecule has 4 rings (SSSR count). The van der Waals surface area contributed by atoms with E-state index in [4.69, 9.17) is 23.2 Å². The van der Waals surface area contributed by atoms with Crippen LogP contribution in [-0.4, -0.2) is 26.4 Å². The summed E-state index contributed by atoms with van der Waals surface area (Å²) in [5, 5.41) is 13.5. The highest BCUT2D eigenvalue weighted by Crippen LogP contribution is 2.29. The zero-order valence-corrected chi connectivity index (χ0v) is 19.8. The molecule has 5 nitrogen and oxygen atoms in total. The third-order valence-electron chi connectivity index (χ3n) is 4.83. The number of nitrogens with zero attached hydrogens (tertiary/aromatic N) is 3. The van der Waals surface area contributed by atoms with Crippen molar-refractivity contribution in [2.75, 3.05) is 11.1 Å². The molecule has 0 bridgehead atoms. The summed E-state index contributed by atoms with van der Waals surface area (Å²) >= 11 is 13.5. The molecule has 1 N–H and O–H groups in total. The molecule has 0 aliphatic heterocycles. The molecule has 0 aliphatic carbocycles. The summed E-state index contributed by atoms with van der Waals surface area (Å²) in [5.74, 6) is 0.717. The van der Waals surface area contributed by atoms with Gasteiger partial charge in [0.1, 0.15) is 0 Å². The Labute approximate surface area is 200 Å². The first-order valence-electron chi connectivity index (χ1n) is 9.88. The van der Waals surface area contributed by atoms with Gasteiger partial charge in [-0.25, -0.2) is 0 Å². The van der Waals surface area contributed by atoms with Gasteiger partial charge in [-0.3, -0.25) is 9.36 Å². The minimum atomic E-state index is -0.150. The average Bonchev–Trinajstić information content (AvgIpc) is 3.20. The van der Waals surface area contributed by atoms with Crippen molar-refractivity contribution in [3.63, 3.8) is 0 Å². The van der Waals surface area contributed by atoms with Gasteiger partial charge in [0.05, 0.1) is 5.75 Å². The molecular formula is C24H20Cl2N4OS. The standard InChI is InChI=1S/C24H20Cl2N4OS/c1-15-3-6-17(7-4-15)23-28-29-24(30(23)20-11-9-18(25)10-12-20)32-14-22(31)27-21-13-19(26)8-5-16(21)2/h3-13H,14H2,1-2H3,(H,27,31). The second kappa shape index (κ2) is 9.77. The molecule has 0 aliphatic rings. The van der Waals surface area contributed by atoms with E-state index in [1.807, 2.05) is 73.0 Å². The van der Waals surface area contributed by atoms with Crippen molar-refractivity contribution in [3.8, 4) is 17.1 Å². The number of carbonyl (C=O) groups excluding carboxylic acids is 1. The van der Waals surface area contributed by atoms with Crippen molar-refractivity contribution >= 4 is 46.6 Å². The molecule has 32 heavy (non-hydrogen) atoms. The Bertz CT molecular complexity index is 1250. The number of benzene rings is 3. The lowest BCUT2D eigenvalue weighted by Gasteiger charge is -2.11. The zero-order valence-electron chi connectivity index (χ0n) is 17.5. The van der Waals surface area contributed by atoms with E-state index >= 15 is 0 Å². The Kier molecular flexibility index (Phi) is 6.84. The molecule has 1 heterocycles. The fraction of sp³-hybridized carbons (Fsp3) is 0.125. The summed E-state index contributed by atoms with van der Waals surface area (Å²) in [4.78, 5) is 12.6. The van der Waals surface area contributed by atoms with Crippen molar-refractivity contribution in [2.45, 2.75) is 19.0 Å². The predicted molar refractivity (Wildman–Crippen MR) is 132 cm³/mol. The van der Waals surface area contributed by atoms with E-state index in [0.717, 1.165) is 22.4 Å². The molecule has 4 aromatic rings. The number of thioether (sulfide) groups is 1. The maximum atomic E-state index is 12.6. The van der Waals surface area contributed by atoms with Gasteiger partial charge < -0.3 is 5.32 Å². The number of anilines is 1. The van der Waals surface area contributed by atoms with Crippen molar-refractivity contribution in [1.29, 1.82) is 0 Å². The van der Waals surface area contributed by atoms with Gasteiger partial charge in [0.2, 0.25) is 5.91 Å². The number of aryl methyl sites for hydroxylation is 2. The van der Waals surface area contributed by atoms with Crippen LogP contribution in [0.4, 0.5) is 5.69 Å². The van der Waals surface area contributed by atoms with Crippen LogP contribution in [0.25, 0.3) is 17.1 Å². The van der Waals surface area contributed by atoms with E-state index in [1.54, 1.807) is 12.1 Å². The predicted octanol–water partition coefficient (Wildman–Crippen LogP) is 6.59. The van der Waals surface area contributed by atoms with Crippen LogP contribution >= 0.6 is 35.0 Å². The third-order valence-corrected chi connectivity index (χ3v) is 6.25. The molecule has 0 saturated heterocycles. The summed E-state index contributed by atoms with van der Waals surface area (Å²) in [5.41, 5.74) is 4.60. The molecule has 1 aromatic heterocycles. The highest BCUT2D eigenvalue weighted by Gasteiger charge is 2.17. The third kappa shape index (κ3) is 5.15. The molecular weight excluding hydrogens is 463 g/mol. The Morgan fingerprint density at radius 1 is 0.938 bits per heavy atom. The number of hydrogen-bond acceptors (Lipinski definition) is 4. The minimum Gasteiger partial charge on any atom is -0.325 e. The van der Waals surface area contributed by atoms with E-state index in [9.17, 15) is 4.79 Å². The van der Waals surface area contributed by atoms with Crippen LogP contribution in [0.1, 0.15) is 11.1 Å². The monoisotopic (exact) mass is 482 g/mol. The van der Waals surface area contributed by atoms with E-state index in [-0.39, 0.29) is 11.7 Å². The van der Waals surface area contributed by atoms with Gasteiger partial charge in [-0.15, -0.1) is 10.2 Å². The van der Waals surface area contributed by atoms with Gasteiger partial charge in [0.15, 0.2) is 11.0 Å². The zero-order chi connectivity index (χ0) is 22.7. The summed E-state index contributed by atoms with van der Waals surface area (Å²) in [7, 11) is 0. The van der Waals surface area contributed by atoms with Crippen LogP contribution in [-0.2, 0) is 4.79 Å². The second-order valence-electron chi connectivity index (χ2n) is 7.28. The number of rotatable bonds is 6. The van der Waals surface area contributed by atoms with Gasteiger partial charge in [-0.2, -0.15) is 0 Å². The highest BCUT2D eigenvalue weighted by atomic mass is 35.5. The summed E-state index contributed by atoms with van der Waals surface area (Å²) in [6.45, 7) is 3.96. The molecule has 3 aromatic carbocycles. The molecule has 162 valence electrons. The molecule has 0 spiro atoms. The number of carbonyl (C=O) groups is 1. The van der Waals surface area contributed by atoms with Crippen LogP contribution in [0.2, 0.25) is 10.0 Å². The van der Waals surface area contributed by atoms with Crippen molar-refractivity contribution in [2.24, 2.45) is 0 Å². The normalized spacial score (nSPS) is 10.9. The van der Waals surface area contributed by atoms with Crippen molar-refractivity contribution < 1.29 is 4.79 Å². The largest absolute Gasteiger partial charge is 0.325 e. The van der Waals surface area contributed by atoms with E-state index in [1.165, 1.54) is 11.8 Å². The smallest absolute Gasteiger partial charge is 0.234 e. The molecule has 1 amide bonds. The number of amides is 1. The molecule has 0 fully saturated rings. The minimum absolute atomic E-state index is 0.150. The van der Waals surface area contributed by atoms with Crippen LogP contribution in [0.3, 0.4) is 0 Å². The number of nitrogens with one attached hydrogen (secondary N) is 1. The summed E-state index contributed by atoms with van der Waals surface area (Å²) in [6, 6.07) is 20.9. The Balaban J connectivity index is 1.60. The molecule has 0 radical (unpaired) electrons. The van der Waals surface area contributed by atoms with E-state index < -0.39 is 0 Å². The molecule has 0 saturated carbocycles. The Morgan fingerprint density at radius 3 is 2.34 bits per heavy atom. The molecule has 8 heteroatoms. The molecule has 0 unspecified atom stereocenters.